The standard InChI is InChI=1S/C13H16N4O3PS/c1-3-19-21(18,20-4-2)12-10-22-13-16(14-15-17(12)13)11-8-6-5-7-9-11/h5-10H,3-4H2,1-2H3/q+1. The van der Waals surface area contributed by atoms with Crippen molar-refractivity contribution in [2.24, 2.45) is 0 Å². The van der Waals surface area contributed by atoms with E-state index in [1.165, 1.54) is 15.9 Å². The van der Waals surface area contributed by atoms with Crippen molar-refractivity contribution >= 4 is 29.3 Å². The van der Waals surface area contributed by atoms with Crippen LogP contribution in [0.25, 0.3) is 10.6 Å². The molecule has 0 aliphatic heterocycles. The summed E-state index contributed by atoms with van der Waals surface area (Å²) in [4.78, 5) is 0.737. The van der Waals surface area contributed by atoms with Crippen molar-refractivity contribution < 1.29 is 18.3 Å². The number of aromatic nitrogens is 4. The van der Waals surface area contributed by atoms with Gasteiger partial charge in [-0.15, -0.1) is 0 Å². The highest BCUT2D eigenvalue weighted by Gasteiger charge is 2.37. The minimum absolute atomic E-state index is 0.294. The highest BCUT2D eigenvalue weighted by molar-refractivity contribution is 7.62. The summed E-state index contributed by atoms with van der Waals surface area (Å²) >= 11 is 1.39. The van der Waals surface area contributed by atoms with Gasteiger partial charge in [0.15, 0.2) is 5.21 Å². The number of thiazole rings is 1. The van der Waals surface area contributed by atoms with Crippen LogP contribution in [0.3, 0.4) is 0 Å². The van der Waals surface area contributed by atoms with Crippen molar-refractivity contribution in [3.05, 3.63) is 35.7 Å². The summed E-state index contributed by atoms with van der Waals surface area (Å²) in [5.74, 6) is 0. The fourth-order valence-corrected chi connectivity index (χ4v) is 4.98. The van der Waals surface area contributed by atoms with Gasteiger partial charge in [0.05, 0.1) is 13.2 Å². The molecule has 0 N–H and O–H groups in total. The molecule has 0 atom stereocenters. The Hall–Kier alpha value is -1.60. The summed E-state index contributed by atoms with van der Waals surface area (Å²) in [6, 6.07) is 9.64. The minimum atomic E-state index is -3.39. The van der Waals surface area contributed by atoms with E-state index in [0.717, 1.165) is 10.6 Å². The molecule has 0 bridgehead atoms. The molecule has 0 saturated carbocycles. The molecule has 3 aromatic rings. The maximum Gasteiger partial charge on any atom is 0.397 e. The van der Waals surface area contributed by atoms with Crippen molar-refractivity contribution in [2.75, 3.05) is 13.2 Å². The van der Waals surface area contributed by atoms with Gasteiger partial charge in [-0.2, -0.15) is 0 Å². The van der Waals surface area contributed by atoms with Gasteiger partial charge in [-0.1, -0.05) is 34.2 Å². The maximum atomic E-state index is 12.9. The number of tetrazole rings is 1. The first-order valence-corrected chi connectivity index (χ1v) is 9.32. The quantitative estimate of drug-likeness (QED) is 0.507. The van der Waals surface area contributed by atoms with E-state index >= 15 is 0 Å². The van der Waals surface area contributed by atoms with Gasteiger partial charge in [0.1, 0.15) is 10.9 Å². The third-order valence-corrected chi connectivity index (χ3v) is 6.10. The first-order valence-electron chi connectivity index (χ1n) is 6.90. The number of hydrogen-bond donors (Lipinski definition) is 0. The second-order valence-corrected chi connectivity index (χ2v) is 7.15. The fraction of sp³-hybridized carbons (Fsp3) is 0.308. The second-order valence-electron chi connectivity index (χ2n) is 4.35. The summed E-state index contributed by atoms with van der Waals surface area (Å²) < 4.78 is 26.9. The van der Waals surface area contributed by atoms with Crippen LogP contribution in [0.5, 0.6) is 0 Å². The van der Waals surface area contributed by atoms with Crippen molar-refractivity contribution in [1.29, 1.82) is 0 Å². The van der Waals surface area contributed by atoms with E-state index in [4.69, 9.17) is 9.05 Å². The van der Waals surface area contributed by atoms with Crippen LogP contribution in [0.2, 0.25) is 0 Å². The lowest BCUT2D eigenvalue weighted by molar-refractivity contribution is -0.633. The van der Waals surface area contributed by atoms with E-state index in [0.29, 0.717) is 18.6 Å². The monoisotopic (exact) mass is 339 g/mol. The minimum Gasteiger partial charge on any atom is -0.303 e. The summed E-state index contributed by atoms with van der Waals surface area (Å²) in [6.07, 6.45) is 0. The number of fused-ring (bicyclic) bond motifs is 1. The average molecular weight is 339 g/mol. The number of benzene rings is 1. The lowest BCUT2D eigenvalue weighted by Gasteiger charge is -2.12. The molecule has 0 radical (unpaired) electrons. The van der Waals surface area contributed by atoms with Crippen LogP contribution in [0.15, 0.2) is 35.7 Å². The SMILES string of the molecule is CCOP(=O)(OCC)c1csc2n1nn[n+]2-c1ccccc1. The molecule has 0 saturated heterocycles. The van der Waals surface area contributed by atoms with E-state index in [9.17, 15) is 4.57 Å². The normalized spacial score (nSPS) is 12.1. The van der Waals surface area contributed by atoms with Crippen molar-refractivity contribution in [1.82, 2.24) is 14.9 Å². The third-order valence-electron chi connectivity index (χ3n) is 2.95. The predicted molar refractivity (Wildman–Crippen MR) is 82.9 cm³/mol. The summed E-state index contributed by atoms with van der Waals surface area (Å²) in [5, 5.41) is 9.97. The van der Waals surface area contributed by atoms with E-state index < -0.39 is 7.60 Å². The first kappa shape index (κ1) is 15.3. The van der Waals surface area contributed by atoms with Crippen LogP contribution in [0.1, 0.15) is 13.8 Å². The summed E-state index contributed by atoms with van der Waals surface area (Å²) in [7, 11) is -3.39. The topological polar surface area (TPSA) is 69.6 Å². The Morgan fingerprint density at radius 2 is 1.91 bits per heavy atom. The Balaban J connectivity index is 2.11. The molecule has 0 aliphatic rings. The summed E-state index contributed by atoms with van der Waals surface area (Å²) in [5.41, 5.74) is 1.28. The average Bonchev–Trinajstić information content (AvgIpc) is 3.10. The largest absolute Gasteiger partial charge is 0.397 e. The molecule has 22 heavy (non-hydrogen) atoms. The van der Waals surface area contributed by atoms with Crippen LogP contribution in [-0.4, -0.2) is 28.2 Å². The van der Waals surface area contributed by atoms with Crippen molar-refractivity contribution in [2.45, 2.75) is 13.8 Å². The van der Waals surface area contributed by atoms with E-state index in [1.807, 2.05) is 30.3 Å². The Labute approximate surface area is 131 Å². The van der Waals surface area contributed by atoms with Gasteiger partial charge >= 0.3 is 12.6 Å². The molecule has 2 aromatic heterocycles. The Morgan fingerprint density at radius 1 is 1.23 bits per heavy atom. The summed E-state index contributed by atoms with van der Waals surface area (Å²) in [6.45, 7) is 4.14. The van der Waals surface area contributed by atoms with E-state index in [-0.39, 0.29) is 0 Å². The van der Waals surface area contributed by atoms with Gasteiger partial charge in [0.2, 0.25) is 5.44 Å². The molecule has 0 aliphatic carbocycles. The molecule has 0 unspecified atom stereocenters. The molecule has 7 nitrogen and oxygen atoms in total. The molecule has 3 rings (SSSR count). The molecular formula is C13H16N4O3PS+. The van der Waals surface area contributed by atoms with Crippen LogP contribution >= 0.6 is 18.9 Å². The van der Waals surface area contributed by atoms with Crippen molar-refractivity contribution in [3.63, 3.8) is 0 Å². The maximum absolute atomic E-state index is 12.9. The number of rotatable bonds is 6. The number of hydrogen-bond acceptors (Lipinski definition) is 6. The van der Waals surface area contributed by atoms with Gasteiger partial charge in [0.25, 0.3) is 0 Å². The van der Waals surface area contributed by atoms with E-state index in [2.05, 4.69) is 10.4 Å². The molecule has 9 heteroatoms. The number of nitrogens with zero attached hydrogens (tertiary/aromatic N) is 4. The lowest BCUT2D eigenvalue weighted by Crippen LogP contribution is -2.32. The molecule has 116 valence electrons. The molecule has 0 spiro atoms. The highest BCUT2D eigenvalue weighted by atomic mass is 32.1. The van der Waals surface area contributed by atoms with Gasteiger partial charge in [-0.25, -0.2) is 0 Å². The van der Waals surface area contributed by atoms with Crippen molar-refractivity contribution in [3.8, 4) is 5.69 Å². The molecular weight excluding hydrogens is 323 g/mol. The van der Waals surface area contributed by atoms with Gasteiger partial charge in [-0.3, -0.25) is 4.57 Å². The first-order chi connectivity index (χ1) is 10.7. The van der Waals surface area contributed by atoms with Gasteiger partial charge < -0.3 is 9.05 Å². The lowest BCUT2D eigenvalue weighted by atomic mass is 10.3. The smallest absolute Gasteiger partial charge is 0.303 e. The Kier molecular flexibility index (Phi) is 4.35. The molecule has 1 aromatic carbocycles. The predicted octanol–water partition coefficient (Wildman–Crippen LogP) is 1.96. The molecule has 0 fully saturated rings. The van der Waals surface area contributed by atoms with Crippen LogP contribution in [0, 0.1) is 0 Å². The highest BCUT2D eigenvalue weighted by Crippen LogP contribution is 2.47. The molecule has 0 amide bonds. The zero-order valence-corrected chi connectivity index (χ0v) is 14.0. The fourth-order valence-electron chi connectivity index (χ4n) is 2.07. The van der Waals surface area contributed by atoms with E-state index in [1.54, 1.807) is 23.9 Å². The van der Waals surface area contributed by atoms with Crippen LogP contribution in [0.4, 0.5) is 0 Å². The molecule has 2 heterocycles. The number of para-hydroxylation sites is 1. The Morgan fingerprint density at radius 3 is 2.55 bits per heavy atom. The zero-order chi connectivity index (χ0) is 15.6. The van der Waals surface area contributed by atoms with Crippen LogP contribution in [-0.2, 0) is 13.6 Å². The third kappa shape index (κ3) is 2.59. The second kappa shape index (κ2) is 6.26. The van der Waals surface area contributed by atoms with Crippen LogP contribution < -0.4 is 10.1 Å². The van der Waals surface area contributed by atoms with Gasteiger partial charge in [0, 0.05) is 5.38 Å². The Bertz CT molecular complexity index is 807. The zero-order valence-electron chi connectivity index (χ0n) is 12.2. The van der Waals surface area contributed by atoms with Gasteiger partial charge in [-0.05, 0) is 30.5 Å².